The van der Waals surface area contributed by atoms with Gasteiger partial charge in [0.25, 0.3) is 0 Å². The number of halogens is 1. The Morgan fingerprint density at radius 2 is 2.00 bits per heavy atom. The fourth-order valence-corrected chi connectivity index (χ4v) is 1.47. The highest BCUT2D eigenvalue weighted by molar-refractivity contribution is 5.93. The molecule has 18 heavy (non-hydrogen) atoms. The Hall–Kier alpha value is -2.11. The monoisotopic (exact) mass is 254 g/mol. The molecule has 1 atom stereocenters. The van der Waals surface area contributed by atoms with Crippen molar-refractivity contribution in [2.45, 2.75) is 19.9 Å². The lowest BCUT2D eigenvalue weighted by Crippen LogP contribution is -2.34. The first-order chi connectivity index (χ1) is 8.32. The van der Waals surface area contributed by atoms with Crippen LogP contribution in [0.2, 0.25) is 0 Å². The summed E-state index contributed by atoms with van der Waals surface area (Å²) in [6.07, 6.45) is 0. The SMILES string of the molecule is CC(C)C(Nc1ccc(C(N)=O)cc1F)C(=O)O. The topological polar surface area (TPSA) is 92.4 Å². The zero-order chi connectivity index (χ0) is 13.9. The number of carboxylic acid groups (broad SMARTS) is 1. The number of nitrogens with one attached hydrogen (secondary N) is 1. The highest BCUT2D eigenvalue weighted by Crippen LogP contribution is 2.18. The van der Waals surface area contributed by atoms with Gasteiger partial charge in [-0.05, 0) is 24.1 Å². The molecule has 0 aliphatic heterocycles. The largest absolute Gasteiger partial charge is 0.480 e. The number of anilines is 1. The van der Waals surface area contributed by atoms with Gasteiger partial charge in [-0.2, -0.15) is 0 Å². The Morgan fingerprint density at radius 1 is 1.39 bits per heavy atom. The van der Waals surface area contributed by atoms with Crippen molar-refractivity contribution in [3.63, 3.8) is 0 Å². The van der Waals surface area contributed by atoms with E-state index in [0.717, 1.165) is 6.07 Å². The predicted molar refractivity (Wildman–Crippen MR) is 64.8 cm³/mol. The van der Waals surface area contributed by atoms with Crippen LogP contribution < -0.4 is 11.1 Å². The number of hydrogen-bond donors (Lipinski definition) is 3. The molecule has 1 unspecified atom stereocenters. The van der Waals surface area contributed by atoms with E-state index in [1.807, 2.05) is 0 Å². The summed E-state index contributed by atoms with van der Waals surface area (Å²) in [7, 11) is 0. The second-order valence-electron chi connectivity index (χ2n) is 4.26. The molecule has 0 fully saturated rings. The molecule has 1 aromatic carbocycles. The summed E-state index contributed by atoms with van der Waals surface area (Å²) in [5.74, 6) is -2.72. The Kier molecular flexibility index (Phi) is 4.25. The normalized spacial score (nSPS) is 12.2. The third-order valence-corrected chi connectivity index (χ3v) is 2.50. The molecule has 0 bridgehead atoms. The van der Waals surface area contributed by atoms with Crippen LogP contribution in [-0.2, 0) is 4.79 Å². The van der Waals surface area contributed by atoms with Crippen molar-refractivity contribution in [2.24, 2.45) is 11.7 Å². The molecule has 1 aromatic rings. The first-order valence-corrected chi connectivity index (χ1v) is 5.41. The molecule has 0 aliphatic rings. The Morgan fingerprint density at radius 3 is 2.39 bits per heavy atom. The minimum absolute atomic E-state index is 0.0288. The van der Waals surface area contributed by atoms with Crippen LogP contribution in [0.1, 0.15) is 24.2 Å². The number of hydrogen-bond acceptors (Lipinski definition) is 3. The van der Waals surface area contributed by atoms with Crippen LogP contribution in [0.5, 0.6) is 0 Å². The number of carbonyl (C=O) groups excluding carboxylic acids is 1. The molecule has 5 nitrogen and oxygen atoms in total. The highest BCUT2D eigenvalue weighted by atomic mass is 19.1. The Labute approximate surface area is 104 Å². The van der Waals surface area contributed by atoms with Crippen LogP contribution in [-0.4, -0.2) is 23.0 Å². The maximum atomic E-state index is 13.6. The smallest absolute Gasteiger partial charge is 0.326 e. The van der Waals surface area contributed by atoms with E-state index < -0.39 is 23.7 Å². The van der Waals surface area contributed by atoms with Crippen LogP contribution in [0.25, 0.3) is 0 Å². The summed E-state index contributed by atoms with van der Waals surface area (Å²) < 4.78 is 13.6. The zero-order valence-electron chi connectivity index (χ0n) is 10.1. The number of primary amides is 1. The number of rotatable bonds is 5. The van der Waals surface area contributed by atoms with Crippen molar-refractivity contribution in [1.29, 1.82) is 0 Å². The predicted octanol–water partition coefficient (Wildman–Crippen LogP) is 1.45. The highest BCUT2D eigenvalue weighted by Gasteiger charge is 2.22. The van der Waals surface area contributed by atoms with E-state index in [2.05, 4.69) is 5.32 Å². The molecule has 1 amide bonds. The van der Waals surface area contributed by atoms with E-state index in [4.69, 9.17) is 10.8 Å². The molecule has 0 heterocycles. The van der Waals surface area contributed by atoms with Gasteiger partial charge < -0.3 is 16.2 Å². The third kappa shape index (κ3) is 3.19. The van der Waals surface area contributed by atoms with E-state index in [1.165, 1.54) is 12.1 Å². The van der Waals surface area contributed by atoms with E-state index in [9.17, 15) is 14.0 Å². The Bertz CT molecular complexity index is 474. The van der Waals surface area contributed by atoms with Crippen LogP contribution in [0.3, 0.4) is 0 Å². The van der Waals surface area contributed by atoms with E-state index in [0.29, 0.717) is 0 Å². The van der Waals surface area contributed by atoms with Gasteiger partial charge in [-0.1, -0.05) is 13.8 Å². The second kappa shape index (κ2) is 5.48. The van der Waals surface area contributed by atoms with Crippen LogP contribution in [0, 0.1) is 11.7 Å². The first kappa shape index (κ1) is 14.0. The molecule has 6 heteroatoms. The molecule has 0 aromatic heterocycles. The van der Waals surface area contributed by atoms with Gasteiger partial charge in [-0.3, -0.25) is 4.79 Å². The maximum absolute atomic E-state index is 13.6. The number of carbonyl (C=O) groups is 2. The van der Waals surface area contributed by atoms with Gasteiger partial charge in [0, 0.05) is 5.56 Å². The average Bonchev–Trinajstić information content (AvgIpc) is 2.25. The molecule has 0 radical (unpaired) electrons. The fourth-order valence-electron chi connectivity index (χ4n) is 1.47. The minimum atomic E-state index is -1.07. The summed E-state index contributed by atoms with van der Waals surface area (Å²) >= 11 is 0. The standard InChI is InChI=1S/C12H15FN2O3/c1-6(2)10(12(17)18)15-9-4-3-7(11(14)16)5-8(9)13/h3-6,10,15H,1-2H3,(H2,14,16)(H,17,18). The first-order valence-electron chi connectivity index (χ1n) is 5.41. The van der Waals surface area contributed by atoms with Gasteiger partial charge in [0.15, 0.2) is 0 Å². The average molecular weight is 254 g/mol. The molecule has 0 saturated heterocycles. The lowest BCUT2D eigenvalue weighted by atomic mass is 10.0. The lowest BCUT2D eigenvalue weighted by molar-refractivity contribution is -0.138. The van der Waals surface area contributed by atoms with E-state index in [1.54, 1.807) is 13.8 Å². The molecule has 1 rings (SSSR count). The zero-order valence-corrected chi connectivity index (χ0v) is 10.1. The van der Waals surface area contributed by atoms with E-state index >= 15 is 0 Å². The van der Waals surface area contributed by atoms with Gasteiger partial charge in [-0.25, -0.2) is 9.18 Å². The third-order valence-electron chi connectivity index (χ3n) is 2.50. The Balaban J connectivity index is 2.97. The van der Waals surface area contributed by atoms with Gasteiger partial charge in [0.05, 0.1) is 5.69 Å². The number of carboxylic acids is 1. The van der Waals surface area contributed by atoms with Crippen molar-refractivity contribution in [1.82, 2.24) is 0 Å². The summed E-state index contributed by atoms with van der Waals surface area (Å²) in [4.78, 5) is 21.8. The van der Waals surface area contributed by atoms with Crippen molar-refractivity contribution in [3.8, 4) is 0 Å². The molecule has 98 valence electrons. The molecule has 4 N–H and O–H groups in total. The number of benzene rings is 1. The lowest BCUT2D eigenvalue weighted by Gasteiger charge is -2.19. The molecule has 0 saturated carbocycles. The second-order valence-corrected chi connectivity index (χ2v) is 4.26. The minimum Gasteiger partial charge on any atom is -0.480 e. The van der Waals surface area contributed by atoms with Gasteiger partial charge >= 0.3 is 5.97 Å². The molecule has 0 spiro atoms. The summed E-state index contributed by atoms with van der Waals surface area (Å²) in [6.45, 7) is 3.42. The van der Waals surface area contributed by atoms with Crippen molar-refractivity contribution in [2.75, 3.05) is 5.32 Å². The number of amides is 1. The summed E-state index contributed by atoms with van der Waals surface area (Å²) in [5.41, 5.74) is 5.08. The summed E-state index contributed by atoms with van der Waals surface area (Å²) in [6, 6.07) is 2.71. The maximum Gasteiger partial charge on any atom is 0.326 e. The fraction of sp³-hybridized carbons (Fsp3) is 0.333. The van der Waals surface area contributed by atoms with Crippen LogP contribution in [0.4, 0.5) is 10.1 Å². The van der Waals surface area contributed by atoms with Gasteiger partial charge in [0.2, 0.25) is 5.91 Å². The van der Waals surface area contributed by atoms with Crippen molar-refractivity contribution in [3.05, 3.63) is 29.6 Å². The number of aliphatic carboxylic acids is 1. The van der Waals surface area contributed by atoms with Gasteiger partial charge in [0.1, 0.15) is 11.9 Å². The molecular formula is C12H15FN2O3. The quantitative estimate of drug-likeness (QED) is 0.741. The summed E-state index contributed by atoms with van der Waals surface area (Å²) in [5, 5.41) is 11.6. The number of nitrogens with two attached hydrogens (primary N) is 1. The van der Waals surface area contributed by atoms with Crippen LogP contribution in [0.15, 0.2) is 18.2 Å². The van der Waals surface area contributed by atoms with Crippen molar-refractivity contribution >= 4 is 17.6 Å². The molecular weight excluding hydrogens is 239 g/mol. The van der Waals surface area contributed by atoms with Gasteiger partial charge in [-0.15, -0.1) is 0 Å². The van der Waals surface area contributed by atoms with Crippen LogP contribution >= 0.6 is 0 Å². The van der Waals surface area contributed by atoms with E-state index in [-0.39, 0.29) is 17.2 Å². The molecule has 0 aliphatic carbocycles. The van der Waals surface area contributed by atoms with Crippen molar-refractivity contribution < 1.29 is 19.1 Å².